The lowest BCUT2D eigenvalue weighted by molar-refractivity contribution is -0.132. The first-order chi connectivity index (χ1) is 12.7. The highest BCUT2D eigenvalue weighted by Gasteiger charge is 2.35. The van der Waals surface area contributed by atoms with E-state index in [4.69, 9.17) is 33.3 Å². The van der Waals surface area contributed by atoms with Crippen LogP contribution in [-0.4, -0.2) is 51.9 Å². The van der Waals surface area contributed by atoms with Crippen LogP contribution in [-0.2, 0) is 9.59 Å². The average Bonchev–Trinajstić information content (AvgIpc) is 3.11. The van der Waals surface area contributed by atoms with Gasteiger partial charge in [-0.3, -0.25) is 19.4 Å². The molecule has 1 N–H and O–H groups in total. The Balaban J connectivity index is 1.97. The molecule has 27 heavy (non-hydrogen) atoms. The molecule has 2 amide bonds. The number of benzene rings is 1. The summed E-state index contributed by atoms with van der Waals surface area (Å²) in [6, 6.07) is 7.64. The topological polar surface area (TPSA) is 91.1 Å². The van der Waals surface area contributed by atoms with Crippen molar-refractivity contribution >= 4 is 52.8 Å². The molecule has 0 spiro atoms. The van der Waals surface area contributed by atoms with Crippen molar-refractivity contribution in [3.63, 3.8) is 0 Å². The number of amides is 2. The molecule has 0 saturated carbocycles. The zero-order chi connectivity index (χ0) is 19.9. The summed E-state index contributed by atoms with van der Waals surface area (Å²) < 4.78 is 5.65. The molecule has 0 aliphatic carbocycles. The number of carbonyl (C=O) groups is 3. The van der Waals surface area contributed by atoms with Crippen molar-refractivity contribution < 1.29 is 23.9 Å². The zero-order valence-electron chi connectivity index (χ0n) is 14.2. The van der Waals surface area contributed by atoms with Gasteiger partial charge in [0.25, 0.3) is 11.8 Å². The van der Waals surface area contributed by atoms with Gasteiger partial charge in [-0.2, -0.15) is 0 Å². The van der Waals surface area contributed by atoms with E-state index in [0.717, 1.165) is 0 Å². The Morgan fingerprint density at radius 3 is 2.37 bits per heavy atom. The minimum absolute atomic E-state index is 0.0557. The van der Waals surface area contributed by atoms with Crippen molar-refractivity contribution in [3.8, 4) is 11.3 Å². The van der Waals surface area contributed by atoms with Crippen molar-refractivity contribution in [1.82, 2.24) is 9.80 Å². The maximum Gasteiger partial charge on any atom is 0.337 e. The SMILES string of the molecule is CN1C(=O)C(=Cc2ccc(-c3ccc(Cl)c(C(=O)O)c3)o2)C(=O)N(C)C1=S. The number of hydrogen-bond donors (Lipinski definition) is 1. The Bertz CT molecular complexity index is 1000. The summed E-state index contributed by atoms with van der Waals surface area (Å²) in [6.07, 6.45) is 1.33. The molecule has 1 aliphatic heterocycles. The molecule has 138 valence electrons. The predicted octanol–water partition coefficient (Wildman–Crippen LogP) is 2.90. The summed E-state index contributed by atoms with van der Waals surface area (Å²) in [7, 11) is 2.96. The number of carboxylic acids is 1. The monoisotopic (exact) mass is 404 g/mol. The van der Waals surface area contributed by atoms with Gasteiger partial charge < -0.3 is 9.52 Å². The normalized spacial score (nSPS) is 14.8. The van der Waals surface area contributed by atoms with E-state index in [1.54, 1.807) is 18.2 Å². The molecule has 1 fully saturated rings. The number of carboxylic acid groups (broad SMARTS) is 1. The first kappa shape index (κ1) is 18.8. The van der Waals surface area contributed by atoms with Crippen LogP contribution >= 0.6 is 23.8 Å². The number of nitrogens with zero attached hydrogens (tertiary/aromatic N) is 2. The molecule has 0 unspecified atom stereocenters. The summed E-state index contributed by atoms with van der Waals surface area (Å²) in [5.41, 5.74) is 0.356. The second-order valence-corrected chi connectivity index (χ2v) is 6.54. The summed E-state index contributed by atoms with van der Waals surface area (Å²) in [5.74, 6) is -1.57. The summed E-state index contributed by atoms with van der Waals surface area (Å²) in [4.78, 5) is 38.3. The number of furan rings is 1. The zero-order valence-corrected chi connectivity index (χ0v) is 15.8. The van der Waals surface area contributed by atoms with Crippen molar-refractivity contribution in [1.29, 1.82) is 0 Å². The highest BCUT2D eigenvalue weighted by Crippen LogP contribution is 2.28. The van der Waals surface area contributed by atoms with Crippen LogP contribution < -0.4 is 0 Å². The Morgan fingerprint density at radius 2 is 1.78 bits per heavy atom. The van der Waals surface area contributed by atoms with Gasteiger partial charge in [0.15, 0.2) is 5.11 Å². The minimum Gasteiger partial charge on any atom is -0.478 e. The molecule has 1 aromatic heterocycles. The molecule has 1 aliphatic rings. The van der Waals surface area contributed by atoms with Gasteiger partial charge in [0, 0.05) is 19.7 Å². The van der Waals surface area contributed by atoms with Crippen molar-refractivity contribution in [2.24, 2.45) is 0 Å². The third-order valence-corrected chi connectivity index (χ3v) is 4.92. The fraction of sp³-hybridized carbons (Fsp3) is 0.111. The van der Waals surface area contributed by atoms with E-state index >= 15 is 0 Å². The highest BCUT2D eigenvalue weighted by atomic mass is 35.5. The lowest BCUT2D eigenvalue weighted by Gasteiger charge is -2.31. The quantitative estimate of drug-likeness (QED) is 0.480. The fourth-order valence-corrected chi connectivity index (χ4v) is 2.91. The Kier molecular flexibility index (Phi) is 4.86. The molecule has 0 radical (unpaired) electrons. The van der Waals surface area contributed by atoms with E-state index in [1.165, 1.54) is 42.1 Å². The Morgan fingerprint density at radius 1 is 1.15 bits per heavy atom. The smallest absolute Gasteiger partial charge is 0.337 e. The van der Waals surface area contributed by atoms with Crippen LogP contribution in [0.1, 0.15) is 16.1 Å². The third kappa shape index (κ3) is 3.36. The Labute approximate surface area is 164 Å². The van der Waals surface area contributed by atoms with Crippen LogP contribution in [0.5, 0.6) is 0 Å². The van der Waals surface area contributed by atoms with Crippen LogP contribution in [0.15, 0.2) is 40.3 Å². The molecule has 2 aromatic rings. The number of likely N-dealkylation sites (N-methyl/N-ethyl adjacent to an activating group) is 2. The predicted molar refractivity (Wildman–Crippen MR) is 102 cm³/mol. The minimum atomic E-state index is -1.16. The second-order valence-electron chi connectivity index (χ2n) is 5.77. The third-order valence-electron chi connectivity index (χ3n) is 4.04. The summed E-state index contributed by atoms with van der Waals surface area (Å²) in [5, 5.41) is 9.40. The largest absolute Gasteiger partial charge is 0.478 e. The van der Waals surface area contributed by atoms with Gasteiger partial charge in [0.2, 0.25) is 0 Å². The lowest BCUT2D eigenvalue weighted by Crippen LogP contribution is -2.52. The second kappa shape index (κ2) is 6.98. The first-order valence-corrected chi connectivity index (χ1v) is 8.44. The van der Waals surface area contributed by atoms with Crippen LogP contribution in [0.25, 0.3) is 17.4 Å². The number of rotatable bonds is 3. The molecule has 1 saturated heterocycles. The van der Waals surface area contributed by atoms with Gasteiger partial charge >= 0.3 is 5.97 Å². The fourth-order valence-electron chi connectivity index (χ4n) is 2.55. The average molecular weight is 405 g/mol. The number of thiocarbonyl (C=S) groups is 1. The molecule has 0 bridgehead atoms. The maximum absolute atomic E-state index is 12.3. The molecule has 2 heterocycles. The van der Waals surface area contributed by atoms with Crippen LogP contribution in [0, 0.1) is 0 Å². The number of hydrogen-bond acceptors (Lipinski definition) is 5. The van der Waals surface area contributed by atoms with E-state index in [2.05, 4.69) is 0 Å². The van der Waals surface area contributed by atoms with E-state index < -0.39 is 17.8 Å². The molecular formula is C18H13ClN2O5S. The van der Waals surface area contributed by atoms with Gasteiger partial charge in [-0.25, -0.2) is 4.79 Å². The summed E-state index contributed by atoms with van der Waals surface area (Å²) in [6.45, 7) is 0. The van der Waals surface area contributed by atoms with E-state index in [-0.39, 0.29) is 27.0 Å². The van der Waals surface area contributed by atoms with Crippen molar-refractivity contribution in [2.45, 2.75) is 0 Å². The van der Waals surface area contributed by atoms with Gasteiger partial charge in [0.1, 0.15) is 17.1 Å². The molecular weight excluding hydrogens is 392 g/mol. The van der Waals surface area contributed by atoms with Crippen LogP contribution in [0.2, 0.25) is 5.02 Å². The number of halogens is 1. The number of aromatic carboxylic acids is 1. The van der Waals surface area contributed by atoms with Gasteiger partial charge in [0.05, 0.1) is 10.6 Å². The molecule has 9 heteroatoms. The van der Waals surface area contributed by atoms with Gasteiger partial charge in [-0.05, 0) is 48.6 Å². The van der Waals surface area contributed by atoms with Crippen molar-refractivity contribution in [2.75, 3.05) is 14.1 Å². The molecule has 1 aromatic carbocycles. The number of carbonyl (C=O) groups excluding carboxylic acids is 2. The van der Waals surface area contributed by atoms with Gasteiger partial charge in [-0.15, -0.1) is 0 Å². The maximum atomic E-state index is 12.3. The highest BCUT2D eigenvalue weighted by molar-refractivity contribution is 7.80. The molecule has 7 nitrogen and oxygen atoms in total. The van der Waals surface area contributed by atoms with E-state index in [9.17, 15) is 14.4 Å². The van der Waals surface area contributed by atoms with Gasteiger partial charge in [-0.1, -0.05) is 11.6 Å². The van der Waals surface area contributed by atoms with Crippen LogP contribution in [0.4, 0.5) is 0 Å². The molecule has 3 rings (SSSR count). The van der Waals surface area contributed by atoms with Crippen molar-refractivity contribution in [3.05, 3.63) is 52.3 Å². The first-order valence-electron chi connectivity index (χ1n) is 7.65. The van der Waals surface area contributed by atoms with Crippen LogP contribution in [0.3, 0.4) is 0 Å². The lowest BCUT2D eigenvalue weighted by atomic mass is 10.1. The van der Waals surface area contributed by atoms with E-state index in [0.29, 0.717) is 11.3 Å². The summed E-state index contributed by atoms with van der Waals surface area (Å²) >= 11 is 10.9. The Hall–Kier alpha value is -2.97. The standard InChI is InChI=1S/C18H13ClN2O5S/c1-20-15(22)12(16(23)21(2)18(20)27)8-10-4-6-14(26-10)9-3-5-13(19)11(7-9)17(24)25/h3-8H,1-2H3,(H,24,25). The molecule has 0 atom stereocenters. The van der Waals surface area contributed by atoms with E-state index in [1.807, 2.05) is 0 Å².